The number of rotatable bonds is 15. The van der Waals surface area contributed by atoms with E-state index in [1.807, 2.05) is 47.0 Å². The molecule has 0 spiro atoms. The molecule has 0 aromatic heterocycles. The van der Waals surface area contributed by atoms with Gasteiger partial charge in [0.15, 0.2) is 0 Å². The smallest absolute Gasteiger partial charge is 0.0911 e. The Balaban J connectivity index is 0.000000154. The summed E-state index contributed by atoms with van der Waals surface area (Å²) in [5, 5.41) is 10.2. The van der Waals surface area contributed by atoms with Gasteiger partial charge in [-0.3, -0.25) is 0 Å². The summed E-state index contributed by atoms with van der Waals surface area (Å²) < 4.78 is 0. The van der Waals surface area contributed by atoms with E-state index in [-0.39, 0.29) is 40.5 Å². The second-order valence-corrected chi connectivity index (χ2v) is 45.8. The molecule has 0 aliphatic carbocycles. The molecular weight excluding hydrogens is 1720 g/mol. The Morgan fingerprint density at radius 1 is 0.182 bits per heavy atom. The number of benzene rings is 20. The van der Waals surface area contributed by atoms with Crippen LogP contribution >= 0.6 is 47.0 Å². The van der Waals surface area contributed by atoms with Gasteiger partial charge in [0.2, 0.25) is 13.4 Å². The van der Waals surface area contributed by atoms with Crippen molar-refractivity contribution >= 4 is 136 Å². The highest BCUT2D eigenvalue weighted by Crippen LogP contribution is 2.53. The molecule has 0 N–H and O–H groups in total. The molecule has 137 heavy (non-hydrogen) atoms. The highest BCUT2D eigenvalue weighted by molar-refractivity contribution is 8.02. The fraction of sp³-hybridized carbons (Fsp3) is 0.145. The van der Waals surface area contributed by atoms with Crippen molar-refractivity contribution in [3.63, 3.8) is 0 Å². The minimum atomic E-state index is -0.153. The Morgan fingerprint density at radius 3 is 0.664 bits per heavy atom. The van der Waals surface area contributed by atoms with E-state index in [0.29, 0.717) is 5.92 Å². The van der Waals surface area contributed by atoms with E-state index in [1.165, 1.54) is 237 Å². The predicted molar refractivity (Wildman–Crippen MR) is 594 cm³/mol. The second kappa shape index (κ2) is 34.6. The molecule has 4 aliphatic rings. The normalized spacial score (nSPS) is 13.2. The molecule has 20 aromatic rings. The summed E-state index contributed by atoms with van der Waals surface area (Å²) in [5.41, 5.74) is 36.4. The second-order valence-electron chi connectivity index (χ2n) is 41.5. The van der Waals surface area contributed by atoms with E-state index in [0.717, 1.165) is 0 Å². The van der Waals surface area contributed by atoms with Crippen LogP contribution < -0.4 is 32.8 Å². The van der Waals surface area contributed by atoms with Crippen LogP contribution in [0.5, 0.6) is 0 Å². The molecule has 662 valence electrons. The summed E-state index contributed by atoms with van der Waals surface area (Å²) >= 11 is 7.86. The molecule has 24 rings (SSSR count). The van der Waals surface area contributed by atoms with Crippen molar-refractivity contribution in [2.75, 3.05) is 0 Å². The van der Waals surface area contributed by atoms with Crippen molar-refractivity contribution < 1.29 is 0 Å². The Kier molecular flexibility index (Phi) is 22.2. The molecule has 0 nitrogen and oxygen atoms in total. The van der Waals surface area contributed by atoms with Crippen molar-refractivity contribution in [2.24, 2.45) is 0 Å². The molecule has 0 amide bonds. The molecule has 4 aliphatic heterocycles. The molecule has 0 saturated heterocycles. The van der Waals surface area contributed by atoms with Crippen molar-refractivity contribution in [3.05, 3.63) is 468 Å². The molecule has 4 heterocycles. The fourth-order valence-electron chi connectivity index (χ4n) is 22.3. The van der Waals surface area contributed by atoms with Crippen LogP contribution in [-0.2, 0) is 27.1 Å². The number of hydrogen-bond acceptors (Lipinski definition) is 4. The standard InChI is InChI=1S/C66H55BS2.C65H53BS2/c1-64(2,3)50-36-43(35-45(37-50)62-53-29-19-17-27-51(53)61(42-21-11-8-12-22-42)52-28-18-20-30-54(52)62)44-38-59-63-60(39-44)69-58-41-49(66(6,7)47-25-15-10-16-26-47)32-34-56(58)67(63)55-33-31-48(40-57(55)68-59)65(4,5)46-23-13-9-14-24-46;1-41(2)43-34-44(36-46(35-43)62-53-28-18-16-26-51(53)61(42-20-10-7-11-21-42)52-27-17-19-29-54(52)62)45-37-59-63-60(38-45)68-58-40-50(65(5,6)48-24-14-9-15-25-48)31-33-56(58)66(63)55-32-30-49(39-57(55)67-59)64(3,4)47-22-12-8-13-23-47/h8-41H,1-7H3;7-41H,1-6H3. The molecular formula is C131H108B2S4. The number of fused-ring (bicyclic) bond motifs is 12. The van der Waals surface area contributed by atoms with E-state index in [2.05, 4.69) is 503 Å². The van der Waals surface area contributed by atoms with Gasteiger partial charge in [-0.05, 0) is 248 Å². The Hall–Kier alpha value is -13.0. The average Bonchev–Trinajstić information content (AvgIpc) is 0.714. The molecule has 0 saturated carbocycles. The molecule has 20 aromatic carbocycles. The molecule has 0 atom stereocenters. The maximum absolute atomic E-state index is 2.52. The van der Waals surface area contributed by atoms with E-state index in [4.69, 9.17) is 0 Å². The van der Waals surface area contributed by atoms with Crippen LogP contribution in [-0.4, -0.2) is 13.4 Å². The van der Waals surface area contributed by atoms with Crippen LogP contribution in [0.25, 0.3) is 110 Å². The van der Waals surface area contributed by atoms with Crippen LogP contribution in [0.2, 0.25) is 0 Å². The third kappa shape index (κ3) is 15.5. The van der Waals surface area contributed by atoms with E-state index < -0.39 is 0 Å². The van der Waals surface area contributed by atoms with E-state index in [1.54, 1.807) is 0 Å². The Labute approximate surface area is 826 Å². The molecule has 0 fully saturated rings. The van der Waals surface area contributed by atoms with Gasteiger partial charge in [0.25, 0.3) is 0 Å². The summed E-state index contributed by atoms with van der Waals surface area (Å²) in [4.78, 5) is 10.8. The average molecular weight is 1830 g/mol. The first kappa shape index (κ1) is 88.0. The lowest BCUT2D eigenvalue weighted by Crippen LogP contribution is -2.58. The van der Waals surface area contributed by atoms with Gasteiger partial charge < -0.3 is 0 Å². The zero-order chi connectivity index (χ0) is 93.5. The van der Waals surface area contributed by atoms with Crippen LogP contribution in [0.4, 0.5) is 0 Å². The van der Waals surface area contributed by atoms with Gasteiger partial charge in [0.1, 0.15) is 0 Å². The van der Waals surface area contributed by atoms with Gasteiger partial charge in [0.05, 0.1) is 0 Å². The van der Waals surface area contributed by atoms with Gasteiger partial charge in [-0.25, -0.2) is 0 Å². The summed E-state index contributed by atoms with van der Waals surface area (Å²) in [6.45, 7) is 30.9. The minimum Gasteiger partial charge on any atom is -0.0911 e. The highest BCUT2D eigenvalue weighted by Gasteiger charge is 2.44. The Bertz CT molecular complexity index is 7830. The molecule has 0 radical (unpaired) electrons. The fourth-order valence-corrected chi connectivity index (χ4v) is 27.5. The summed E-state index contributed by atoms with van der Waals surface area (Å²) in [5.74, 6) is 0.343. The van der Waals surface area contributed by atoms with Crippen molar-refractivity contribution in [1.29, 1.82) is 0 Å². The zero-order valence-electron chi connectivity index (χ0n) is 80.1. The van der Waals surface area contributed by atoms with Gasteiger partial charge >= 0.3 is 0 Å². The van der Waals surface area contributed by atoms with Crippen molar-refractivity contribution in [2.45, 2.75) is 162 Å². The highest BCUT2D eigenvalue weighted by atomic mass is 32.2. The summed E-state index contributed by atoms with van der Waals surface area (Å²) in [6, 6.07) is 156. The SMILES string of the molecule is CC(C)(C)c1cc(-c2cc3c4c(c2)Sc2cc(C(C)(C)c5ccccc5)ccc2B4c2ccc(C(C)(C)c4ccccc4)cc2S3)cc(-c2c3ccccc3c(-c3ccccc3)c3ccccc23)c1.CC(C)c1cc(-c2cc3c4c(c2)Sc2cc(C(C)(C)c5ccccc5)ccc2B4c2ccc(C(C)(C)c4ccccc4)cc2S3)cc(-c2c3ccccc3c(-c3ccccc3)c3ccccc23)c1. The minimum absolute atomic E-state index is 0.0841. The Morgan fingerprint density at radius 2 is 0.401 bits per heavy atom. The molecule has 0 unspecified atom stereocenters. The summed E-state index contributed by atoms with van der Waals surface area (Å²) in [7, 11) is 0. The maximum Gasteiger partial charge on any atom is 0.247 e. The van der Waals surface area contributed by atoms with Gasteiger partial charge in [0, 0.05) is 60.8 Å². The van der Waals surface area contributed by atoms with Crippen LogP contribution in [0.15, 0.2) is 452 Å². The van der Waals surface area contributed by atoms with Crippen LogP contribution in [0, 0.1) is 0 Å². The lowest BCUT2D eigenvalue weighted by molar-refractivity contribution is 0.590. The van der Waals surface area contributed by atoms with Crippen LogP contribution in [0.1, 0.15) is 152 Å². The van der Waals surface area contributed by atoms with Gasteiger partial charge in [-0.15, -0.1) is 0 Å². The topological polar surface area (TPSA) is 0 Å². The van der Waals surface area contributed by atoms with E-state index in [9.17, 15) is 0 Å². The third-order valence-corrected chi connectivity index (χ3v) is 35.0. The molecule has 6 heteroatoms. The largest absolute Gasteiger partial charge is 0.247 e. The van der Waals surface area contributed by atoms with E-state index >= 15 is 0 Å². The molecule has 0 bridgehead atoms. The third-order valence-electron chi connectivity index (χ3n) is 30.5. The number of hydrogen-bond donors (Lipinski definition) is 0. The quantitative estimate of drug-likeness (QED) is 0.0741. The van der Waals surface area contributed by atoms with Crippen LogP contribution in [0.3, 0.4) is 0 Å². The van der Waals surface area contributed by atoms with Crippen molar-refractivity contribution in [1.82, 2.24) is 0 Å². The first-order valence-electron chi connectivity index (χ1n) is 48.6. The first-order chi connectivity index (χ1) is 66.4. The van der Waals surface area contributed by atoms with Gasteiger partial charge in [-0.1, -0.05) is 511 Å². The van der Waals surface area contributed by atoms with Crippen molar-refractivity contribution in [3.8, 4) is 66.8 Å². The predicted octanol–water partition coefficient (Wildman–Crippen LogP) is 32.6. The maximum atomic E-state index is 2.52. The monoisotopic (exact) mass is 1830 g/mol. The summed E-state index contributed by atoms with van der Waals surface area (Å²) in [6.07, 6.45) is 0. The lowest BCUT2D eigenvalue weighted by Gasteiger charge is -2.36. The first-order valence-corrected chi connectivity index (χ1v) is 51.8. The van der Waals surface area contributed by atoms with Gasteiger partial charge in [-0.2, -0.15) is 0 Å². The lowest BCUT2D eigenvalue weighted by atomic mass is 9.36. The zero-order valence-corrected chi connectivity index (χ0v) is 83.4.